The highest BCUT2D eigenvalue weighted by Crippen LogP contribution is 2.25. The van der Waals surface area contributed by atoms with Crippen LogP contribution < -0.4 is 10.5 Å². The molecule has 0 spiro atoms. The Morgan fingerprint density at radius 1 is 1.03 bits per heavy atom. The summed E-state index contributed by atoms with van der Waals surface area (Å²) in [5.41, 5.74) is 2.96. The fourth-order valence-electron chi connectivity index (χ4n) is 4.79. The smallest absolute Gasteiger partial charge is 0.276 e. The van der Waals surface area contributed by atoms with Crippen molar-refractivity contribution in [1.82, 2.24) is 19.7 Å². The molecular formula is C23H27N5O3S. The molecule has 0 saturated carbocycles. The van der Waals surface area contributed by atoms with Gasteiger partial charge in [0.2, 0.25) is 0 Å². The van der Waals surface area contributed by atoms with E-state index in [0.717, 1.165) is 62.4 Å². The molecule has 1 atom stereocenters. The quantitative estimate of drug-likeness (QED) is 0.646. The first kappa shape index (κ1) is 21.0. The van der Waals surface area contributed by atoms with Gasteiger partial charge in [-0.25, -0.2) is 18.1 Å². The third-order valence-corrected chi connectivity index (χ3v) is 7.71. The van der Waals surface area contributed by atoms with E-state index in [1.807, 2.05) is 30.3 Å². The molecule has 1 aliphatic carbocycles. The average molecular weight is 454 g/mol. The highest BCUT2D eigenvalue weighted by Gasteiger charge is 2.30. The van der Waals surface area contributed by atoms with Crippen LogP contribution in [0.15, 0.2) is 58.4 Å². The second-order valence-corrected chi connectivity index (χ2v) is 10.6. The Hall–Kier alpha value is -2.91. The largest absolute Gasteiger partial charge is 0.369 e. The number of fused-ring (bicyclic) bond motifs is 1. The Labute approximate surface area is 187 Å². The van der Waals surface area contributed by atoms with Crippen LogP contribution in [-0.2, 0) is 22.7 Å². The van der Waals surface area contributed by atoms with Crippen molar-refractivity contribution in [3.63, 3.8) is 0 Å². The lowest BCUT2D eigenvalue weighted by Crippen LogP contribution is -2.52. The number of nitrogens with zero attached hydrogens (tertiary/aromatic N) is 4. The number of H-pyrrole nitrogens is 1. The van der Waals surface area contributed by atoms with Gasteiger partial charge < -0.3 is 4.90 Å². The van der Waals surface area contributed by atoms with E-state index in [-0.39, 0.29) is 5.56 Å². The Morgan fingerprint density at radius 3 is 2.44 bits per heavy atom. The number of hydrogen-bond donors (Lipinski definition) is 1. The molecule has 9 heteroatoms. The second kappa shape index (κ2) is 8.22. The van der Waals surface area contributed by atoms with E-state index in [2.05, 4.69) is 19.9 Å². The lowest BCUT2D eigenvalue weighted by molar-refractivity contribution is 0.169. The molecule has 5 rings (SSSR count). The van der Waals surface area contributed by atoms with Gasteiger partial charge in [-0.15, -0.1) is 0 Å². The highest BCUT2D eigenvalue weighted by molar-refractivity contribution is 7.90. The summed E-state index contributed by atoms with van der Waals surface area (Å²) in [5.74, 6) is 0.624. The van der Waals surface area contributed by atoms with E-state index in [1.165, 1.54) is 6.26 Å². The Morgan fingerprint density at radius 2 is 1.78 bits per heavy atom. The molecule has 32 heavy (non-hydrogen) atoms. The summed E-state index contributed by atoms with van der Waals surface area (Å²) in [6.07, 6.45) is 5.57. The first-order chi connectivity index (χ1) is 15.4. The predicted octanol–water partition coefficient (Wildman–Crippen LogP) is 1.64. The van der Waals surface area contributed by atoms with E-state index in [1.54, 1.807) is 23.0 Å². The number of pyridine rings is 1. The molecule has 1 aliphatic heterocycles. The van der Waals surface area contributed by atoms with Crippen LogP contribution in [0.25, 0.3) is 5.82 Å². The number of piperazine rings is 1. The number of sulfone groups is 1. The molecule has 2 aliphatic rings. The Kier molecular flexibility index (Phi) is 5.38. The van der Waals surface area contributed by atoms with Crippen LogP contribution in [0.4, 0.5) is 5.69 Å². The molecule has 1 saturated heterocycles. The third kappa shape index (κ3) is 3.98. The summed E-state index contributed by atoms with van der Waals surface area (Å²) < 4.78 is 24.9. The number of rotatable bonds is 4. The van der Waals surface area contributed by atoms with E-state index in [0.29, 0.717) is 16.8 Å². The molecule has 3 heterocycles. The number of nitrogens with one attached hydrogen (secondary N) is 1. The van der Waals surface area contributed by atoms with Gasteiger partial charge in [-0.1, -0.05) is 6.07 Å². The molecular weight excluding hydrogens is 426 g/mol. The third-order valence-electron chi connectivity index (χ3n) is 6.58. The van der Waals surface area contributed by atoms with Crippen molar-refractivity contribution >= 4 is 15.5 Å². The fourth-order valence-corrected chi connectivity index (χ4v) is 5.42. The van der Waals surface area contributed by atoms with Crippen LogP contribution in [0.3, 0.4) is 0 Å². The van der Waals surface area contributed by atoms with Gasteiger partial charge in [0, 0.05) is 61.6 Å². The molecule has 0 radical (unpaired) electrons. The zero-order valence-electron chi connectivity index (χ0n) is 18.1. The number of aromatic amines is 1. The van der Waals surface area contributed by atoms with Gasteiger partial charge in [0.1, 0.15) is 0 Å². The van der Waals surface area contributed by atoms with Gasteiger partial charge in [0.25, 0.3) is 5.56 Å². The minimum Gasteiger partial charge on any atom is -0.369 e. The molecule has 3 aromatic rings. The molecule has 1 N–H and O–H groups in total. The van der Waals surface area contributed by atoms with E-state index < -0.39 is 9.84 Å². The van der Waals surface area contributed by atoms with Crippen LogP contribution >= 0.6 is 0 Å². The van der Waals surface area contributed by atoms with Crippen molar-refractivity contribution in [2.45, 2.75) is 30.2 Å². The molecule has 8 nitrogen and oxygen atoms in total. The zero-order chi connectivity index (χ0) is 22.3. The predicted molar refractivity (Wildman–Crippen MR) is 123 cm³/mol. The number of benzene rings is 1. The lowest BCUT2D eigenvalue weighted by Gasteiger charge is -2.41. The van der Waals surface area contributed by atoms with E-state index in [9.17, 15) is 13.2 Å². The summed E-state index contributed by atoms with van der Waals surface area (Å²) in [6.45, 7) is 3.61. The summed E-state index contributed by atoms with van der Waals surface area (Å²) >= 11 is 0. The summed E-state index contributed by atoms with van der Waals surface area (Å²) in [4.78, 5) is 22.4. The van der Waals surface area contributed by atoms with Crippen molar-refractivity contribution in [3.8, 4) is 5.82 Å². The van der Waals surface area contributed by atoms with Crippen LogP contribution in [-0.4, -0.2) is 66.6 Å². The SMILES string of the molecule is CS(=O)(=O)c1ccc(N2CCN(C3CCc4[nH]n(-c5ccccn5)c(=O)c4C3)CC2)cc1. The average Bonchev–Trinajstić information content (AvgIpc) is 3.15. The number of aryl methyl sites for hydroxylation is 1. The molecule has 0 amide bonds. The van der Waals surface area contributed by atoms with Gasteiger partial charge in [-0.3, -0.25) is 14.8 Å². The van der Waals surface area contributed by atoms with Crippen LogP contribution in [0, 0.1) is 0 Å². The standard InChI is InChI=1S/C23H27N5O3S/c1-32(30,31)19-8-5-17(6-9-19)26-12-14-27(15-13-26)18-7-10-21-20(16-18)23(29)28(25-21)22-4-2-3-11-24-22/h2-6,8-9,11,18,25H,7,10,12-16H2,1H3. The number of anilines is 1. The number of aromatic nitrogens is 3. The summed E-state index contributed by atoms with van der Waals surface area (Å²) in [6, 6.07) is 13.0. The summed E-state index contributed by atoms with van der Waals surface area (Å²) in [5, 5.41) is 3.26. The van der Waals surface area contributed by atoms with Crippen molar-refractivity contribution in [2.24, 2.45) is 0 Å². The first-order valence-corrected chi connectivity index (χ1v) is 12.8. The maximum Gasteiger partial charge on any atom is 0.276 e. The first-order valence-electron chi connectivity index (χ1n) is 10.9. The molecule has 2 aromatic heterocycles. The van der Waals surface area contributed by atoms with Gasteiger partial charge in [0.15, 0.2) is 15.7 Å². The maximum atomic E-state index is 13.0. The van der Waals surface area contributed by atoms with E-state index in [4.69, 9.17) is 0 Å². The van der Waals surface area contributed by atoms with Gasteiger partial charge in [0.05, 0.1) is 4.90 Å². The van der Waals surface area contributed by atoms with Crippen molar-refractivity contribution in [1.29, 1.82) is 0 Å². The van der Waals surface area contributed by atoms with Gasteiger partial charge in [-0.05, 0) is 55.7 Å². The van der Waals surface area contributed by atoms with E-state index >= 15 is 0 Å². The summed E-state index contributed by atoms with van der Waals surface area (Å²) in [7, 11) is -3.18. The topological polar surface area (TPSA) is 91.3 Å². The van der Waals surface area contributed by atoms with Gasteiger partial charge in [-0.2, -0.15) is 0 Å². The minimum absolute atomic E-state index is 0.00741. The molecule has 1 fully saturated rings. The minimum atomic E-state index is -3.18. The number of hydrogen-bond acceptors (Lipinski definition) is 6. The normalized spacial score (nSPS) is 19.7. The molecule has 1 unspecified atom stereocenters. The maximum absolute atomic E-state index is 13.0. The lowest BCUT2D eigenvalue weighted by atomic mass is 9.92. The van der Waals surface area contributed by atoms with Crippen LogP contribution in [0.5, 0.6) is 0 Å². The Bertz CT molecular complexity index is 1260. The van der Waals surface area contributed by atoms with Crippen molar-refractivity contribution in [2.75, 3.05) is 37.3 Å². The highest BCUT2D eigenvalue weighted by atomic mass is 32.2. The fraction of sp³-hybridized carbons (Fsp3) is 0.391. The van der Waals surface area contributed by atoms with Crippen LogP contribution in [0.2, 0.25) is 0 Å². The van der Waals surface area contributed by atoms with Crippen LogP contribution in [0.1, 0.15) is 17.7 Å². The van der Waals surface area contributed by atoms with Crippen molar-refractivity contribution < 1.29 is 8.42 Å². The zero-order valence-corrected chi connectivity index (χ0v) is 18.9. The van der Waals surface area contributed by atoms with Crippen molar-refractivity contribution in [3.05, 3.63) is 70.3 Å². The monoisotopic (exact) mass is 453 g/mol. The molecule has 0 bridgehead atoms. The second-order valence-electron chi connectivity index (χ2n) is 8.58. The Balaban J connectivity index is 1.25. The molecule has 1 aromatic carbocycles. The molecule has 168 valence electrons. The van der Waals surface area contributed by atoms with Gasteiger partial charge >= 0.3 is 0 Å².